The van der Waals surface area contributed by atoms with E-state index >= 15 is 0 Å². The van der Waals surface area contributed by atoms with Crippen LogP contribution in [0.15, 0.2) is 36.7 Å². The summed E-state index contributed by atoms with van der Waals surface area (Å²) in [6, 6.07) is 8.11. The second kappa shape index (κ2) is 4.68. The number of hydrogen-bond acceptors (Lipinski definition) is 4. The molecular formula is C14H15N5. The van der Waals surface area contributed by atoms with Crippen LogP contribution < -0.4 is 5.32 Å². The number of fused-ring (bicyclic) bond motifs is 1. The molecule has 19 heavy (non-hydrogen) atoms. The lowest BCUT2D eigenvalue weighted by Crippen LogP contribution is -2.02. The Balaban J connectivity index is 1.82. The Kier molecular flexibility index (Phi) is 2.87. The van der Waals surface area contributed by atoms with Crippen LogP contribution in [0.3, 0.4) is 0 Å². The average Bonchev–Trinajstić information content (AvgIpc) is 2.73. The fourth-order valence-electron chi connectivity index (χ4n) is 2.06. The van der Waals surface area contributed by atoms with E-state index in [4.69, 9.17) is 0 Å². The highest BCUT2D eigenvalue weighted by Gasteiger charge is 2.05. The van der Waals surface area contributed by atoms with Gasteiger partial charge in [0.1, 0.15) is 0 Å². The monoisotopic (exact) mass is 253 g/mol. The van der Waals surface area contributed by atoms with Crippen molar-refractivity contribution in [1.29, 1.82) is 0 Å². The molecule has 0 fully saturated rings. The van der Waals surface area contributed by atoms with Gasteiger partial charge in [-0.05, 0) is 24.6 Å². The minimum Gasteiger partial charge on any atom is -0.350 e. The molecule has 1 aromatic carbocycles. The zero-order chi connectivity index (χ0) is 13.2. The van der Waals surface area contributed by atoms with E-state index in [0.717, 1.165) is 11.1 Å². The van der Waals surface area contributed by atoms with Crippen LogP contribution >= 0.6 is 0 Å². The number of nitrogens with one attached hydrogen (secondary N) is 1. The minimum absolute atomic E-state index is 0.639. The Morgan fingerprint density at radius 2 is 2.00 bits per heavy atom. The first-order chi connectivity index (χ1) is 9.24. The van der Waals surface area contributed by atoms with Crippen molar-refractivity contribution in [1.82, 2.24) is 19.7 Å². The standard InChI is InChI=1S/C14H15N5/c1-10-12-5-4-11(8-13(12)18-19(10)2)9-17-14-15-6-3-7-16-14/h3-8H,9H2,1-2H3,(H,15,16,17). The Morgan fingerprint density at radius 1 is 1.21 bits per heavy atom. The van der Waals surface area contributed by atoms with Crippen molar-refractivity contribution in [2.45, 2.75) is 13.5 Å². The van der Waals surface area contributed by atoms with Gasteiger partial charge in [0, 0.05) is 37.1 Å². The van der Waals surface area contributed by atoms with Crippen molar-refractivity contribution >= 4 is 16.9 Å². The highest BCUT2D eigenvalue weighted by atomic mass is 15.3. The van der Waals surface area contributed by atoms with Crippen LogP contribution in [-0.2, 0) is 13.6 Å². The van der Waals surface area contributed by atoms with E-state index in [-0.39, 0.29) is 0 Å². The fourth-order valence-corrected chi connectivity index (χ4v) is 2.06. The number of aryl methyl sites for hydroxylation is 2. The van der Waals surface area contributed by atoms with Crippen molar-refractivity contribution in [2.24, 2.45) is 7.05 Å². The van der Waals surface area contributed by atoms with Gasteiger partial charge in [0.2, 0.25) is 5.95 Å². The van der Waals surface area contributed by atoms with Gasteiger partial charge in [-0.15, -0.1) is 0 Å². The summed E-state index contributed by atoms with van der Waals surface area (Å²) in [7, 11) is 1.96. The first-order valence-corrected chi connectivity index (χ1v) is 6.17. The predicted molar refractivity (Wildman–Crippen MR) is 74.8 cm³/mol. The maximum Gasteiger partial charge on any atom is 0.222 e. The lowest BCUT2D eigenvalue weighted by atomic mass is 10.1. The molecule has 3 rings (SSSR count). The van der Waals surface area contributed by atoms with Gasteiger partial charge in [0.25, 0.3) is 0 Å². The SMILES string of the molecule is Cc1c2ccc(CNc3ncccn3)cc2nn1C. The molecule has 2 heterocycles. The molecule has 0 aliphatic heterocycles. The molecule has 0 spiro atoms. The summed E-state index contributed by atoms with van der Waals surface area (Å²) in [4.78, 5) is 8.26. The summed E-state index contributed by atoms with van der Waals surface area (Å²) in [5.41, 5.74) is 3.37. The van der Waals surface area contributed by atoms with E-state index in [9.17, 15) is 0 Å². The third-order valence-corrected chi connectivity index (χ3v) is 3.21. The molecule has 0 radical (unpaired) electrons. The van der Waals surface area contributed by atoms with Crippen LogP contribution in [0.4, 0.5) is 5.95 Å². The maximum absolute atomic E-state index is 4.49. The maximum atomic E-state index is 4.49. The Morgan fingerprint density at radius 3 is 2.79 bits per heavy atom. The van der Waals surface area contributed by atoms with E-state index in [1.807, 2.05) is 11.7 Å². The van der Waals surface area contributed by atoms with Crippen LogP contribution in [0.25, 0.3) is 10.9 Å². The number of anilines is 1. The Hall–Kier alpha value is -2.43. The van der Waals surface area contributed by atoms with Crippen LogP contribution in [0.1, 0.15) is 11.3 Å². The molecule has 0 aliphatic rings. The third-order valence-electron chi connectivity index (χ3n) is 3.21. The average molecular weight is 253 g/mol. The molecule has 0 unspecified atom stereocenters. The molecule has 0 amide bonds. The van der Waals surface area contributed by atoms with Crippen LogP contribution in [0.5, 0.6) is 0 Å². The molecule has 0 atom stereocenters. The van der Waals surface area contributed by atoms with E-state index < -0.39 is 0 Å². The molecule has 0 aliphatic carbocycles. The zero-order valence-corrected chi connectivity index (χ0v) is 11.0. The van der Waals surface area contributed by atoms with Crippen molar-refractivity contribution in [3.8, 4) is 0 Å². The summed E-state index contributed by atoms with van der Waals surface area (Å²) in [5.74, 6) is 0.639. The molecule has 5 heteroatoms. The zero-order valence-electron chi connectivity index (χ0n) is 11.0. The molecule has 3 aromatic rings. The van der Waals surface area contributed by atoms with Crippen LogP contribution in [0, 0.1) is 6.92 Å². The van der Waals surface area contributed by atoms with E-state index in [2.05, 4.69) is 45.5 Å². The van der Waals surface area contributed by atoms with Crippen molar-refractivity contribution < 1.29 is 0 Å². The molecule has 5 nitrogen and oxygen atoms in total. The number of benzene rings is 1. The van der Waals surface area contributed by atoms with E-state index in [1.54, 1.807) is 18.5 Å². The van der Waals surface area contributed by atoms with Gasteiger partial charge in [-0.25, -0.2) is 9.97 Å². The fraction of sp³-hybridized carbons (Fsp3) is 0.214. The second-order valence-electron chi connectivity index (χ2n) is 4.49. The van der Waals surface area contributed by atoms with E-state index in [0.29, 0.717) is 12.5 Å². The van der Waals surface area contributed by atoms with Gasteiger partial charge in [0.15, 0.2) is 0 Å². The minimum atomic E-state index is 0.639. The first kappa shape index (κ1) is 11.6. The molecule has 2 aromatic heterocycles. The Bertz CT molecular complexity index is 702. The quantitative estimate of drug-likeness (QED) is 0.778. The topological polar surface area (TPSA) is 55.6 Å². The van der Waals surface area contributed by atoms with Gasteiger partial charge in [-0.1, -0.05) is 12.1 Å². The van der Waals surface area contributed by atoms with E-state index in [1.165, 1.54) is 11.1 Å². The lowest BCUT2D eigenvalue weighted by Gasteiger charge is -2.04. The molecule has 0 bridgehead atoms. The molecule has 1 N–H and O–H groups in total. The predicted octanol–water partition coefficient (Wildman–Crippen LogP) is 2.28. The van der Waals surface area contributed by atoms with Crippen molar-refractivity contribution in [3.05, 3.63) is 47.9 Å². The van der Waals surface area contributed by atoms with Crippen LogP contribution in [-0.4, -0.2) is 19.7 Å². The van der Waals surface area contributed by atoms with Gasteiger partial charge in [0.05, 0.1) is 5.52 Å². The van der Waals surface area contributed by atoms with Gasteiger partial charge in [-0.3, -0.25) is 4.68 Å². The number of nitrogens with zero attached hydrogens (tertiary/aromatic N) is 4. The van der Waals surface area contributed by atoms with Gasteiger partial charge in [-0.2, -0.15) is 5.10 Å². The van der Waals surface area contributed by atoms with Crippen molar-refractivity contribution in [2.75, 3.05) is 5.32 Å². The number of hydrogen-bond donors (Lipinski definition) is 1. The lowest BCUT2D eigenvalue weighted by molar-refractivity contribution is 0.751. The smallest absolute Gasteiger partial charge is 0.222 e. The third kappa shape index (κ3) is 2.27. The highest BCUT2D eigenvalue weighted by molar-refractivity contribution is 5.82. The summed E-state index contributed by atoms with van der Waals surface area (Å²) in [5, 5.41) is 8.87. The first-order valence-electron chi connectivity index (χ1n) is 6.17. The molecule has 96 valence electrons. The largest absolute Gasteiger partial charge is 0.350 e. The molecular weight excluding hydrogens is 238 g/mol. The Labute approximate surface area is 111 Å². The van der Waals surface area contributed by atoms with Gasteiger partial charge < -0.3 is 5.32 Å². The summed E-state index contributed by atoms with van der Waals surface area (Å²) >= 11 is 0. The van der Waals surface area contributed by atoms with Crippen LogP contribution in [0.2, 0.25) is 0 Å². The number of aromatic nitrogens is 4. The number of rotatable bonds is 3. The van der Waals surface area contributed by atoms with Gasteiger partial charge >= 0.3 is 0 Å². The van der Waals surface area contributed by atoms with Crippen molar-refractivity contribution in [3.63, 3.8) is 0 Å². The normalized spacial score (nSPS) is 10.8. The molecule has 0 saturated carbocycles. The highest BCUT2D eigenvalue weighted by Crippen LogP contribution is 2.18. The summed E-state index contributed by atoms with van der Waals surface area (Å²) in [6.07, 6.45) is 3.45. The molecule has 0 saturated heterocycles. The summed E-state index contributed by atoms with van der Waals surface area (Å²) < 4.78 is 1.90. The second-order valence-corrected chi connectivity index (χ2v) is 4.49. The summed E-state index contributed by atoms with van der Waals surface area (Å²) in [6.45, 7) is 2.76.